The molecule has 2 rings (SSSR count). The molecule has 0 saturated carbocycles. The van der Waals surface area contributed by atoms with Gasteiger partial charge in [-0.05, 0) is 31.5 Å². The third-order valence-electron chi connectivity index (χ3n) is 3.38. The maximum absolute atomic E-state index is 6.27. The van der Waals surface area contributed by atoms with E-state index in [0.717, 1.165) is 29.1 Å². The SMILES string of the molecule is CC1CNCC(C)N1Cc1ccc(Br)cc1Cl. The Hall–Kier alpha value is -0.0900. The van der Waals surface area contributed by atoms with Crippen molar-refractivity contribution in [3.05, 3.63) is 33.3 Å². The molecule has 0 amide bonds. The zero-order chi connectivity index (χ0) is 12.4. The molecule has 1 saturated heterocycles. The first-order valence-electron chi connectivity index (χ1n) is 5.98. The summed E-state index contributed by atoms with van der Waals surface area (Å²) in [7, 11) is 0. The van der Waals surface area contributed by atoms with E-state index < -0.39 is 0 Å². The molecule has 2 nitrogen and oxygen atoms in total. The molecular formula is C13H18BrClN2. The van der Waals surface area contributed by atoms with Gasteiger partial charge in [-0.25, -0.2) is 0 Å². The smallest absolute Gasteiger partial charge is 0.0462 e. The Morgan fingerprint density at radius 1 is 1.35 bits per heavy atom. The number of rotatable bonds is 2. The number of piperazine rings is 1. The zero-order valence-corrected chi connectivity index (χ0v) is 12.6. The van der Waals surface area contributed by atoms with Gasteiger partial charge in [-0.1, -0.05) is 33.6 Å². The molecule has 2 unspecified atom stereocenters. The van der Waals surface area contributed by atoms with Gasteiger partial charge in [-0.15, -0.1) is 0 Å². The van der Waals surface area contributed by atoms with Crippen molar-refractivity contribution in [3.63, 3.8) is 0 Å². The van der Waals surface area contributed by atoms with Gasteiger partial charge >= 0.3 is 0 Å². The first-order chi connectivity index (χ1) is 8.08. The lowest BCUT2D eigenvalue weighted by atomic mass is 10.1. The summed E-state index contributed by atoms with van der Waals surface area (Å²) >= 11 is 9.71. The molecule has 4 heteroatoms. The van der Waals surface area contributed by atoms with Crippen LogP contribution in [0, 0.1) is 0 Å². The van der Waals surface area contributed by atoms with Crippen LogP contribution in [0.25, 0.3) is 0 Å². The Kier molecular flexibility index (Phi) is 4.47. The molecule has 1 N–H and O–H groups in total. The Bertz CT molecular complexity index is 387. The Morgan fingerprint density at radius 2 is 2.00 bits per heavy atom. The molecule has 1 aliphatic heterocycles. The summed E-state index contributed by atoms with van der Waals surface area (Å²) in [5.74, 6) is 0. The molecule has 0 spiro atoms. The highest BCUT2D eigenvalue weighted by Gasteiger charge is 2.24. The summed E-state index contributed by atoms with van der Waals surface area (Å²) in [5, 5.41) is 4.29. The van der Waals surface area contributed by atoms with E-state index in [9.17, 15) is 0 Å². The molecule has 1 aromatic carbocycles. The lowest BCUT2D eigenvalue weighted by molar-refractivity contribution is 0.109. The highest BCUT2D eigenvalue weighted by molar-refractivity contribution is 9.10. The third-order valence-corrected chi connectivity index (χ3v) is 4.22. The van der Waals surface area contributed by atoms with Crippen LogP contribution < -0.4 is 5.32 Å². The Balaban J connectivity index is 2.13. The minimum absolute atomic E-state index is 0.554. The molecule has 0 aromatic heterocycles. The van der Waals surface area contributed by atoms with E-state index in [-0.39, 0.29) is 0 Å². The van der Waals surface area contributed by atoms with E-state index >= 15 is 0 Å². The van der Waals surface area contributed by atoms with E-state index in [1.54, 1.807) is 0 Å². The fraction of sp³-hybridized carbons (Fsp3) is 0.538. The van der Waals surface area contributed by atoms with Crippen molar-refractivity contribution in [1.82, 2.24) is 10.2 Å². The van der Waals surface area contributed by atoms with Crippen molar-refractivity contribution >= 4 is 27.5 Å². The summed E-state index contributed by atoms with van der Waals surface area (Å²) < 4.78 is 1.03. The van der Waals surface area contributed by atoms with Crippen LogP contribution in [0.3, 0.4) is 0 Å². The Labute approximate surface area is 116 Å². The summed E-state index contributed by atoms with van der Waals surface area (Å²) in [6, 6.07) is 7.23. The predicted octanol–water partition coefficient (Wildman–Crippen LogP) is 3.28. The largest absolute Gasteiger partial charge is 0.314 e. The van der Waals surface area contributed by atoms with E-state index in [1.165, 1.54) is 5.56 Å². The molecule has 1 fully saturated rings. The molecule has 0 bridgehead atoms. The number of hydrogen-bond acceptors (Lipinski definition) is 2. The first-order valence-corrected chi connectivity index (χ1v) is 7.15. The minimum Gasteiger partial charge on any atom is -0.314 e. The fourth-order valence-electron chi connectivity index (χ4n) is 2.33. The van der Waals surface area contributed by atoms with Crippen LogP contribution in [-0.2, 0) is 6.54 Å². The number of halogens is 2. The van der Waals surface area contributed by atoms with Gasteiger partial charge < -0.3 is 5.32 Å². The molecule has 2 atom stereocenters. The molecule has 1 aliphatic rings. The second-order valence-electron chi connectivity index (χ2n) is 4.76. The molecule has 1 aromatic rings. The normalized spacial score (nSPS) is 26.1. The molecule has 0 aliphatic carbocycles. The monoisotopic (exact) mass is 316 g/mol. The van der Waals surface area contributed by atoms with Crippen molar-refractivity contribution in [2.45, 2.75) is 32.5 Å². The van der Waals surface area contributed by atoms with Crippen LogP contribution in [-0.4, -0.2) is 30.1 Å². The number of hydrogen-bond donors (Lipinski definition) is 1. The van der Waals surface area contributed by atoms with Crippen LogP contribution in [0.1, 0.15) is 19.4 Å². The summed E-state index contributed by atoms with van der Waals surface area (Å²) in [4.78, 5) is 2.51. The maximum Gasteiger partial charge on any atom is 0.0462 e. The van der Waals surface area contributed by atoms with E-state index in [4.69, 9.17) is 11.6 Å². The molecular weight excluding hydrogens is 300 g/mol. The predicted molar refractivity (Wildman–Crippen MR) is 76.5 cm³/mol. The zero-order valence-electron chi connectivity index (χ0n) is 10.2. The molecule has 1 heterocycles. The van der Waals surface area contributed by atoms with Crippen LogP contribution in [0.2, 0.25) is 5.02 Å². The number of nitrogens with zero attached hydrogens (tertiary/aromatic N) is 1. The summed E-state index contributed by atoms with van der Waals surface area (Å²) in [5.41, 5.74) is 1.20. The van der Waals surface area contributed by atoms with Gasteiger partial charge in [0.25, 0.3) is 0 Å². The van der Waals surface area contributed by atoms with Gasteiger partial charge in [0.05, 0.1) is 0 Å². The maximum atomic E-state index is 6.27. The first kappa shape index (κ1) is 13.3. The quantitative estimate of drug-likeness (QED) is 0.900. The second kappa shape index (κ2) is 5.70. The lowest BCUT2D eigenvalue weighted by Crippen LogP contribution is -2.54. The van der Waals surface area contributed by atoms with Gasteiger partial charge in [0.15, 0.2) is 0 Å². The van der Waals surface area contributed by atoms with E-state index in [1.807, 2.05) is 6.07 Å². The van der Waals surface area contributed by atoms with Gasteiger partial charge in [-0.2, -0.15) is 0 Å². The van der Waals surface area contributed by atoms with Crippen LogP contribution in [0.5, 0.6) is 0 Å². The molecule has 17 heavy (non-hydrogen) atoms. The van der Waals surface area contributed by atoms with Gasteiger partial charge in [0, 0.05) is 41.2 Å². The van der Waals surface area contributed by atoms with Crippen LogP contribution in [0.15, 0.2) is 22.7 Å². The van der Waals surface area contributed by atoms with Crippen molar-refractivity contribution in [2.24, 2.45) is 0 Å². The topological polar surface area (TPSA) is 15.3 Å². The van der Waals surface area contributed by atoms with E-state index in [2.05, 4.69) is 52.1 Å². The molecule has 0 radical (unpaired) electrons. The van der Waals surface area contributed by atoms with Gasteiger partial charge in [0.2, 0.25) is 0 Å². The van der Waals surface area contributed by atoms with Crippen molar-refractivity contribution < 1.29 is 0 Å². The third kappa shape index (κ3) is 3.22. The lowest BCUT2D eigenvalue weighted by Gasteiger charge is -2.39. The standard InChI is InChI=1S/C13H18BrClN2/c1-9-6-16-7-10(2)17(9)8-11-3-4-12(14)5-13(11)15/h3-5,9-10,16H,6-8H2,1-2H3. The van der Waals surface area contributed by atoms with Crippen molar-refractivity contribution in [1.29, 1.82) is 0 Å². The molecule has 94 valence electrons. The average Bonchev–Trinajstić information content (AvgIpc) is 2.26. The highest BCUT2D eigenvalue weighted by Crippen LogP contribution is 2.24. The summed E-state index contributed by atoms with van der Waals surface area (Å²) in [6.07, 6.45) is 0. The minimum atomic E-state index is 0.554. The number of nitrogens with one attached hydrogen (secondary N) is 1. The van der Waals surface area contributed by atoms with E-state index in [0.29, 0.717) is 12.1 Å². The highest BCUT2D eigenvalue weighted by atomic mass is 79.9. The van der Waals surface area contributed by atoms with Crippen LogP contribution >= 0.6 is 27.5 Å². The van der Waals surface area contributed by atoms with Crippen molar-refractivity contribution in [3.8, 4) is 0 Å². The number of benzene rings is 1. The summed E-state index contributed by atoms with van der Waals surface area (Å²) in [6.45, 7) is 7.55. The van der Waals surface area contributed by atoms with Gasteiger partial charge in [0.1, 0.15) is 0 Å². The van der Waals surface area contributed by atoms with Crippen LogP contribution in [0.4, 0.5) is 0 Å². The van der Waals surface area contributed by atoms with Crippen molar-refractivity contribution in [2.75, 3.05) is 13.1 Å². The second-order valence-corrected chi connectivity index (χ2v) is 6.09. The average molecular weight is 318 g/mol. The fourth-order valence-corrected chi connectivity index (χ4v) is 3.06. The Morgan fingerprint density at radius 3 is 2.59 bits per heavy atom. The van der Waals surface area contributed by atoms with Gasteiger partial charge in [-0.3, -0.25) is 4.90 Å².